The van der Waals surface area contributed by atoms with Crippen LogP contribution in [-0.4, -0.2) is 28.6 Å². The van der Waals surface area contributed by atoms with Crippen LogP contribution in [0.4, 0.5) is 4.39 Å². The lowest BCUT2D eigenvalue weighted by Crippen LogP contribution is -2.35. The first-order chi connectivity index (χ1) is 8.30. The second kappa shape index (κ2) is 5.91. The highest BCUT2D eigenvalue weighted by molar-refractivity contribution is 5.93. The molecule has 100 valence electrons. The van der Waals surface area contributed by atoms with Gasteiger partial charge in [0.25, 0.3) is 5.91 Å². The Balaban J connectivity index is 2.53. The van der Waals surface area contributed by atoms with Gasteiger partial charge in [-0.05, 0) is 30.9 Å². The lowest BCUT2D eigenvalue weighted by atomic mass is 9.87. The Morgan fingerprint density at radius 3 is 2.72 bits per heavy atom. The van der Waals surface area contributed by atoms with Crippen LogP contribution in [0.2, 0.25) is 0 Å². The second-order valence-electron chi connectivity index (χ2n) is 5.27. The maximum Gasteiger partial charge on any atom is 0.252 e. The van der Waals surface area contributed by atoms with E-state index in [1.54, 1.807) is 6.92 Å². The smallest absolute Gasteiger partial charge is 0.252 e. The van der Waals surface area contributed by atoms with E-state index in [0.29, 0.717) is 18.5 Å². The zero-order valence-electron chi connectivity index (χ0n) is 10.9. The SMILES string of the molecule is CC(O)CC(C)(C)CNC(=O)c1ccc(F)nc1. The fraction of sp³-hybridized carbons (Fsp3) is 0.538. The molecule has 0 aromatic carbocycles. The Hall–Kier alpha value is -1.49. The van der Waals surface area contributed by atoms with Crippen molar-refractivity contribution < 1.29 is 14.3 Å². The van der Waals surface area contributed by atoms with Gasteiger partial charge in [0.15, 0.2) is 0 Å². The molecule has 1 aromatic heterocycles. The van der Waals surface area contributed by atoms with Gasteiger partial charge in [0, 0.05) is 12.7 Å². The highest BCUT2D eigenvalue weighted by Crippen LogP contribution is 2.21. The molecule has 1 rings (SSSR count). The molecule has 1 amide bonds. The van der Waals surface area contributed by atoms with E-state index in [9.17, 15) is 14.3 Å². The highest BCUT2D eigenvalue weighted by atomic mass is 19.1. The molecule has 0 radical (unpaired) electrons. The largest absolute Gasteiger partial charge is 0.393 e. The third kappa shape index (κ3) is 4.79. The first kappa shape index (κ1) is 14.6. The van der Waals surface area contributed by atoms with Gasteiger partial charge in [-0.15, -0.1) is 0 Å². The topological polar surface area (TPSA) is 62.2 Å². The fourth-order valence-corrected chi connectivity index (χ4v) is 1.80. The van der Waals surface area contributed by atoms with Gasteiger partial charge in [0.05, 0.1) is 11.7 Å². The quantitative estimate of drug-likeness (QED) is 0.787. The number of halogens is 1. The molecule has 0 aliphatic carbocycles. The van der Waals surface area contributed by atoms with Crippen molar-refractivity contribution >= 4 is 5.91 Å². The standard InChI is InChI=1S/C13H19FN2O2/c1-9(17)6-13(2,3)8-16-12(18)10-4-5-11(14)15-7-10/h4-5,7,9,17H,6,8H2,1-3H3,(H,16,18). The normalized spacial score (nSPS) is 13.2. The zero-order chi connectivity index (χ0) is 13.8. The molecule has 0 aliphatic rings. The van der Waals surface area contributed by atoms with Crippen molar-refractivity contribution in [2.75, 3.05) is 6.54 Å². The van der Waals surface area contributed by atoms with Crippen LogP contribution in [0.3, 0.4) is 0 Å². The lowest BCUT2D eigenvalue weighted by Gasteiger charge is -2.26. The van der Waals surface area contributed by atoms with E-state index in [4.69, 9.17) is 0 Å². The van der Waals surface area contributed by atoms with E-state index >= 15 is 0 Å². The number of nitrogens with one attached hydrogen (secondary N) is 1. The van der Waals surface area contributed by atoms with Gasteiger partial charge in [-0.25, -0.2) is 4.98 Å². The monoisotopic (exact) mass is 254 g/mol. The van der Waals surface area contributed by atoms with Gasteiger partial charge in [0.1, 0.15) is 0 Å². The molecule has 0 aliphatic heterocycles. The molecule has 5 heteroatoms. The maximum atomic E-state index is 12.6. The van der Waals surface area contributed by atoms with E-state index in [1.807, 2.05) is 13.8 Å². The number of rotatable bonds is 5. The highest BCUT2D eigenvalue weighted by Gasteiger charge is 2.21. The summed E-state index contributed by atoms with van der Waals surface area (Å²) < 4.78 is 12.6. The first-order valence-corrected chi connectivity index (χ1v) is 5.88. The van der Waals surface area contributed by atoms with Crippen LogP contribution >= 0.6 is 0 Å². The van der Waals surface area contributed by atoms with Gasteiger partial charge >= 0.3 is 0 Å². The minimum Gasteiger partial charge on any atom is -0.393 e. The molecule has 1 aromatic rings. The average molecular weight is 254 g/mol. The predicted octanol–water partition coefficient (Wildman–Crippen LogP) is 1.75. The molecule has 1 unspecified atom stereocenters. The van der Waals surface area contributed by atoms with E-state index in [0.717, 1.165) is 6.07 Å². The molecule has 0 fully saturated rings. The summed E-state index contributed by atoms with van der Waals surface area (Å²) in [5, 5.41) is 12.1. The van der Waals surface area contributed by atoms with Crippen LogP contribution in [-0.2, 0) is 0 Å². The summed E-state index contributed by atoms with van der Waals surface area (Å²) in [7, 11) is 0. The van der Waals surface area contributed by atoms with E-state index in [1.165, 1.54) is 12.3 Å². The van der Waals surface area contributed by atoms with Gasteiger partial charge in [-0.1, -0.05) is 13.8 Å². The van der Waals surface area contributed by atoms with Crippen LogP contribution in [0.1, 0.15) is 37.6 Å². The number of aliphatic hydroxyl groups is 1. The van der Waals surface area contributed by atoms with Gasteiger partial charge < -0.3 is 10.4 Å². The Bertz CT molecular complexity index is 402. The fourth-order valence-electron chi connectivity index (χ4n) is 1.80. The molecular weight excluding hydrogens is 235 g/mol. The van der Waals surface area contributed by atoms with E-state index in [2.05, 4.69) is 10.3 Å². The molecule has 0 spiro atoms. The molecule has 18 heavy (non-hydrogen) atoms. The summed E-state index contributed by atoms with van der Waals surface area (Å²) in [4.78, 5) is 15.2. The number of carbonyl (C=O) groups excluding carboxylic acids is 1. The summed E-state index contributed by atoms with van der Waals surface area (Å²) in [5.41, 5.74) is 0.126. The Morgan fingerprint density at radius 2 is 2.22 bits per heavy atom. The molecule has 0 saturated heterocycles. The number of hydrogen-bond acceptors (Lipinski definition) is 3. The Morgan fingerprint density at radius 1 is 1.56 bits per heavy atom. The number of amides is 1. The number of aliphatic hydroxyl groups excluding tert-OH is 1. The summed E-state index contributed by atoms with van der Waals surface area (Å²) in [6, 6.07) is 2.54. The van der Waals surface area contributed by atoms with E-state index < -0.39 is 12.1 Å². The van der Waals surface area contributed by atoms with Crippen molar-refractivity contribution in [3.63, 3.8) is 0 Å². The van der Waals surface area contributed by atoms with Gasteiger partial charge in [0.2, 0.25) is 5.95 Å². The molecule has 0 saturated carbocycles. The lowest BCUT2D eigenvalue weighted by molar-refractivity contribution is 0.0901. The van der Waals surface area contributed by atoms with Crippen molar-refractivity contribution in [3.05, 3.63) is 29.8 Å². The number of pyridine rings is 1. The van der Waals surface area contributed by atoms with E-state index in [-0.39, 0.29) is 11.3 Å². The molecule has 2 N–H and O–H groups in total. The first-order valence-electron chi connectivity index (χ1n) is 5.88. The van der Waals surface area contributed by atoms with Crippen molar-refractivity contribution in [3.8, 4) is 0 Å². The maximum absolute atomic E-state index is 12.6. The minimum atomic E-state index is -0.610. The minimum absolute atomic E-state index is 0.197. The third-order valence-corrected chi connectivity index (χ3v) is 2.57. The molecular formula is C13H19FN2O2. The summed E-state index contributed by atoms with van der Waals surface area (Å²) in [6.45, 7) is 6.08. The Kier molecular flexibility index (Phi) is 4.78. The van der Waals surface area contributed by atoms with Gasteiger partial charge in [-0.2, -0.15) is 4.39 Å². The Labute approximate surface area is 106 Å². The van der Waals surface area contributed by atoms with Crippen LogP contribution in [0.15, 0.2) is 18.3 Å². The summed E-state index contributed by atoms with van der Waals surface area (Å²) in [5.74, 6) is -0.901. The summed E-state index contributed by atoms with van der Waals surface area (Å²) >= 11 is 0. The third-order valence-electron chi connectivity index (χ3n) is 2.57. The van der Waals surface area contributed by atoms with Crippen molar-refractivity contribution in [2.24, 2.45) is 5.41 Å². The number of nitrogens with zero attached hydrogens (tertiary/aromatic N) is 1. The molecule has 4 nitrogen and oxygen atoms in total. The van der Waals surface area contributed by atoms with Crippen LogP contribution in [0.25, 0.3) is 0 Å². The number of aromatic nitrogens is 1. The van der Waals surface area contributed by atoms with Crippen LogP contribution in [0, 0.1) is 11.4 Å². The molecule has 0 bridgehead atoms. The van der Waals surface area contributed by atoms with Crippen LogP contribution < -0.4 is 5.32 Å². The molecule has 1 heterocycles. The molecule has 1 atom stereocenters. The zero-order valence-corrected chi connectivity index (χ0v) is 10.9. The van der Waals surface area contributed by atoms with Crippen LogP contribution in [0.5, 0.6) is 0 Å². The predicted molar refractivity (Wildman–Crippen MR) is 66.6 cm³/mol. The van der Waals surface area contributed by atoms with Crippen molar-refractivity contribution in [2.45, 2.75) is 33.3 Å². The van der Waals surface area contributed by atoms with Gasteiger partial charge in [-0.3, -0.25) is 4.79 Å². The van der Waals surface area contributed by atoms with Crippen molar-refractivity contribution in [1.29, 1.82) is 0 Å². The number of carbonyl (C=O) groups is 1. The average Bonchev–Trinajstić information content (AvgIpc) is 2.25. The number of hydrogen-bond donors (Lipinski definition) is 2. The van der Waals surface area contributed by atoms with Crippen molar-refractivity contribution in [1.82, 2.24) is 10.3 Å². The summed E-state index contributed by atoms with van der Waals surface area (Å²) in [6.07, 6.45) is 1.38. The second-order valence-corrected chi connectivity index (χ2v) is 5.27.